The monoisotopic (exact) mass is 224 g/mol. The zero-order valence-electron chi connectivity index (χ0n) is 11.5. The number of hydrogen-bond acceptors (Lipinski definition) is 2. The quantitative estimate of drug-likeness (QED) is 0.710. The molecule has 0 aromatic carbocycles. The van der Waals surface area contributed by atoms with Gasteiger partial charge in [0.25, 0.3) is 0 Å². The van der Waals surface area contributed by atoms with Crippen LogP contribution >= 0.6 is 0 Å². The summed E-state index contributed by atoms with van der Waals surface area (Å²) in [5.41, 5.74) is 0.517. The summed E-state index contributed by atoms with van der Waals surface area (Å²) < 4.78 is 0. The van der Waals surface area contributed by atoms with Crippen molar-refractivity contribution in [1.82, 2.24) is 9.80 Å². The third-order valence-electron chi connectivity index (χ3n) is 4.47. The first-order chi connectivity index (χ1) is 7.45. The number of piperidine rings is 1. The molecule has 94 valence electrons. The first-order valence-electron chi connectivity index (χ1n) is 6.86. The van der Waals surface area contributed by atoms with Gasteiger partial charge in [-0.2, -0.15) is 0 Å². The highest BCUT2D eigenvalue weighted by atomic mass is 15.2. The Balaban J connectivity index is 1.69. The van der Waals surface area contributed by atoms with E-state index in [1.807, 2.05) is 0 Å². The smallest absolute Gasteiger partial charge is 0.00342 e. The summed E-state index contributed by atoms with van der Waals surface area (Å²) in [6, 6.07) is 0. The highest BCUT2D eigenvalue weighted by molar-refractivity contribution is 4.84. The molecule has 0 atom stereocenters. The van der Waals surface area contributed by atoms with Crippen LogP contribution in [0.4, 0.5) is 0 Å². The van der Waals surface area contributed by atoms with Gasteiger partial charge in [-0.3, -0.25) is 0 Å². The Morgan fingerprint density at radius 3 is 2.06 bits per heavy atom. The molecule has 2 aliphatic heterocycles. The summed E-state index contributed by atoms with van der Waals surface area (Å²) in [5.74, 6) is 1.89. The summed E-state index contributed by atoms with van der Waals surface area (Å²) in [6.45, 7) is 13.8. The molecule has 2 heterocycles. The molecule has 0 aromatic heterocycles. The van der Waals surface area contributed by atoms with Crippen molar-refractivity contribution < 1.29 is 0 Å². The van der Waals surface area contributed by atoms with Crippen LogP contribution in [0.25, 0.3) is 0 Å². The Bertz CT molecular complexity index is 217. The van der Waals surface area contributed by atoms with Crippen LogP contribution in [0.1, 0.15) is 33.6 Å². The highest BCUT2D eigenvalue weighted by Crippen LogP contribution is 2.34. The van der Waals surface area contributed by atoms with Crippen molar-refractivity contribution in [3.8, 4) is 0 Å². The van der Waals surface area contributed by atoms with Crippen LogP contribution in [0.15, 0.2) is 0 Å². The molecule has 0 aliphatic carbocycles. The SMILES string of the molecule is CN1CC(CN2CCC(C(C)(C)C)CC2)C1. The zero-order chi connectivity index (χ0) is 11.8. The summed E-state index contributed by atoms with van der Waals surface area (Å²) in [5, 5.41) is 0. The van der Waals surface area contributed by atoms with Crippen LogP contribution in [0.2, 0.25) is 0 Å². The van der Waals surface area contributed by atoms with E-state index in [1.165, 1.54) is 45.6 Å². The van der Waals surface area contributed by atoms with Crippen LogP contribution in [-0.2, 0) is 0 Å². The summed E-state index contributed by atoms with van der Waals surface area (Å²) in [4.78, 5) is 5.12. The van der Waals surface area contributed by atoms with Gasteiger partial charge in [0.1, 0.15) is 0 Å². The van der Waals surface area contributed by atoms with E-state index < -0.39 is 0 Å². The molecule has 0 N–H and O–H groups in total. The number of hydrogen-bond donors (Lipinski definition) is 0. The third-order valence-corrected chi connectivity index (χ3v) is 4.47. The van der Waals surface area contributed by atoms with Crippen molar-refractivity contribution >= 4 is 0 Å². The van der Waals surface area contributed by atoms with Crippen LogP contribution < -0.4 is 0 Å². The lowest BCUT2D eigenvalue weighted by Gasteiger charge is -2.43. The maximum atomic E-state index is 2.69. The van der Waals surface area contributed by atoms with Crippen molar-refractivity contribution in [1.29, 1.82) is 0 Å². The second-order valence-corrected chi connectivity index (χ2v) is 7.03. The van der Waals surface area contributed by atoms with E-state index in [0.717, 1.165) is 11.8 Å². The Hall–Kier alpha value is -0.0800. The molecule has 0 amide bonds. The van der Waals surface area contributed by atoms with E-state index in [9.17, 15) is 0 Å². The average Bonchev–Trinajstić information content (AvgIpc) is 2.15. The molecule has 2 fully saturated rings. The molecule has 2 rings (SSSR count). The standard InChI is InChI=1S/C14H28N2/c1-14(2,3)13-5-7-16(8-6-13)11-12-9-15(4)10-12/h12-13H,5-11H2,1-4H3. The second-order valence-electron chi connectivity index (χ2n) is 7.03. The normalized spacial score (nSPS) is 27.0. The van der Waals surface area contributed by atoms with E-state index >= 15 is 0 Å². The lowest BCUT2D eigenvalue weighted by atomic mass is 9.75. The highest BCUT2D eigenvalue weighted by Gasteiger charge is 2.31. The molecule has 2 nitrogen and oxygen atoms in total. The molecular weight excluding hydrogens is 196 g/mol. The fraction of sp³-hybridized carbons (Fsp3) is 1.00. The van der Waals surface area contributed by atoms with E-state index in [2.05, 4.69) is 37.6 Å². The van der Waals surface area contributed by atoms with Crippen LogP contribution in [0.5, 0.6) is 0 Å². The lowest BCUT2D eigenvalue weighted by molar-refractivity contribution is 0.0565. The van der Waals surface area contributed by atoms with Gasteiger partial charge in [0.2, 0.25) is 0 Å². The molecule has 0 bridgehead atoms. The van der Waals surface area contributed by atoms with Gasteiger partial charge in [-0.05, 0) is 50.2 Å². The maximum Gasteiger partial charge on any atom is 0.00342 e. The van der Waals surface area contributed by atoms with Gasteiger partial charge in [0.05, 0.1) is 0 Å². The molecule has 2 heteroatoms. The van der Waals surface area contributed by atoms with Crippen LogP contribution in [0.3, 0.4) is 0 Å². The van der Waals surface area contributed by atoms with Gasteiger partial charge in [-0.1, -0.05) is 20.8 Å². The molecule has 0 radical (unpaired) electrons. The molecule has 2 aliphatic rings. The number of likely N-dealkylation sites (tertiary alicyclic amines) is 2. The van der Waals surface area contributed by atoms with Crippen LogP contribution in [-0.4, -0.2) is 49.6 Å². The van der Waals surface area contributed by atoms with Gasteiger partial charge < -0.3 is 9.80 Å². The summed E-state index contributed by atoms with van der Waals surface area (Å²) >= 11 is 0. The lowest BCUT2D eigenvalue weighted by Crippen LogP contribution is -2.50. The minimum absolute atomic E-state index is 0.517. The molecule has 0 unspecified atom stereocenters. The topological polar surface area (TPSA) is 6.48 Å². The second kappa shape index (κ2) is 4.66. The number of rotatable bonds is 2. The van der Waals surface area contributed by atoms with Crippen LogP contribution in [0, 0.1) is 17.3 Å². The van der Waals surface area contributed by atoms with E-state index in [4.69, 9.17) is 0 Å². The Morgan fingerprint density at radius 1 is 1.06 bits per heavy atom. The average molecular weight is 224 g/mol. The predicted molar refractivity (Wildman–Crippen MR) is 69.6 cm³/mol. The van der Waals surface area contributed by atoms with E-state index in [0.29, 0.717) is 5.41 Å². The molecule has 0 saturated carbocycles. The Morgan fingerprint density at radius 2 is 1.62 bits per heavy atom. The molecule has 2 saturated heterocycles. The Labute approximate surface area is 101 Å². The molecular formula is C14H28N2. The van der Waals surface area contributed by atoms with Crippen molar-refractivity contribution in [3.63, 3.8) is 0 Å². The predicted octanol–water partition coefficient (Wildman–Crippen LogP) is 2.31. The Kier molecular flexibility index (Phi) is 3.60. The summed E-state index contributed by atoms with van der Waals surface area (Å²) in [6.07, 6.45) is 2.82. The molecule has 0 spiro atoms. The fourth-order valence-electron chi connectivity index (χ4n) is 3.29. The van der Waals surface area contributed by atoms with Gasteiger partial charge in [-0.15, -0.1) is 0 Å². The zero-order valence-corrected chi connectivity index (χ0v) is 11.5. The minimum atomic E-state index is 0.517. The molecule has 16 heavy (non-hydrogen) atoms. The van der Waals surface area contributed by atoms with Gasteiger partial charge >= 0.3 is 0 Å². The maximum absolute atomic E-state index is 2.69. The van der Waals surface area contributed by atoms with Gasteiger partial charge in [0.15, 0.2) is 0 Å². The van der Waals surface area contributed by atoms with Crippen molar-refractivity contribution in [2.45, 2.75) is 33.6 Å². The summed E-state index contributed by atoms with van der Waals surface area (Å²) in [7, 11) is 2.22. The molecule has 0 aromatic rings. The first kappa shape index (κ1) is 12.4. The van der Waals surface area contributed by atoms with Crippen molar-refractivity contribution in [3.05, 3.63) is 0 Å². The van der Waals surface area contributed by atoms with E-state index in [1.54, 1.807) is 0 Å². The van der Waals surface area contributed by atoms with E-state index in [-0.39, 0.29) is 0 Å². The third kappa shape index (κ3) is 2.98. The fourth-order valence-corrected chi connectivity index (χ4v) is 3.29. The minimum Gasteiger partial charge on any atom is -0.306 e. The number of nitrogens with zero attached hydrogens (tertiary/aromatic N) is 2. The van der Waals surface area contributed by atoms with Crippen molar-refractivity contribution in [2.24, 2.45) is 17.3 Å². The van der Waals surface area contributed by atoms with Crippen molar-refractivity contribution in [2.75, 3.05) is 39.8 Å². The largest absolute Gasteiger partial charge is 0.306 e. The first-order valence-corrected chi connectivity index (χ1v) is 6.86. The van der Waals surface area contributed by atoms with Gasteiger partial charge in [0, 0.05) is 19.6 Å². The van der Waals surface area contributed by atoms with Gasteiger partial charge in [-0.25, -0.2) is 0 Å².